The summed E-state index contributed by atoms with van der Waals surface area (Å²) in [5, 5.41) is 5.73. The summed E-state index contributed by atoms with van der Waals surface area (Å²) in [6, 6.07) is 0. The van der Waals surface area contributed by atoms with Gasteiger partial charge in [0.15, 0.2) is 5.13 Å². The maximum atomic E-state index is 12.7. The number of amides is 1. The molecule has 1 aromatic heterocycles. The maximum Gasteiger partial charge on any atom is 0.233 e. The number of hydrogen-bond donors (Lipinski definition) is 2. The van der Waals surface area contributed by atoms with Gasteiger partial charge in [-0.2, -0.15) is 0 Å². The van der Waals surface area contributed by atoms with Crippen LogP contribution < -0.4 is 11.1 Å². The van der Waals surface area contributed by atoms with E-state index in [0.29, 0.717) is 11.7 Å². The Balaban J connectivity index is 2.10. The van der Waals surface area contributed by atoms with Gasteiger partial charge in [-0.1, -0.05) is 46.5 Å². The summed E-state index contributed by atoms with van der Waals surface area (Å²) in [6.45, 7) is 6.80. The number of rotatable bonds is 3. The number of hydrogen-bond acceptors (Lipinski definition) is 4. The molecule has 1 aliphatic rings. The van der Waals surface area contributed by atoms with E-state index in [-0.39, 0.29) is 11.3 Å². The molecule has 0 radical (unpaired) electrons. The van der Waals surface area contributed by atoms with Crippen molar-refractivity contribution in [3.8, 4) is 0 Å². The normalized spacial score (nSPS) is 19.0. The highest BCUT2D eigenvalue weighted by Gasteiger charge is 2.37. The lowest BCUT2D eigenvalue weighted by Crippen LogP contribution is -2.42. The average molecular weight is 309 g/mol. The Morgan fingerprint density at radius 3 is 2.43 bits per heavy atom. The Kier molecular flexibility index (Phi) is 5.04. The number of nitrogens with one attached hydrogen (secondary N) is 1. The summed E-state index contributed by atoms with van der Waals surface area (Å²) in [6.07, 6.45) is 6.39. The second kappa shape index (κ2) is 6.44. The number of nitrogens with zero attached hydrogens (tertiary/aromatic N) is 1. The lowest BCUT2D eigenvalue weighted by molar-refractivity contribution is -0.125. The van der Waals surface area contributed by atoms with Gasteiger partial charge in [0.25, 0.3) is 0 Å². The van der Waals surface area contributed by atoms with Crippen LogP contribution in [0.3, 0.4) is 0 Å². The Morgan fingerprint density at radius 2 is 1.95 bits per heavy atom. The minimum atomic E-state index is -0.399. The summed E-state index contributed by atoms with van der Waals surface area (Å²) < 4.78 is 0. The molecule has 118 valence electrons. The lowest BCUT2D eigenvalue weighted by atomic mass is 9.79. The molecule has 0 aliphatic heterocycles. The molecule has 0 atom stereocenters. The van der Waals surface area contributed by atoms with Crippen molar-refractivity contribution >= 4 is 22.4 Å². The first-order chi connectivity index (χ1) is 9.87. The molecule has 5 heteroatoms. The minimum Gasteiger partial charge on any atom is -0.329 e. The van der Waals surface area contributed by atoms with Crippen molar-refractivity contribution in [2.45, 2.75) is 64.7 Å². The fraction of sp³-hybridized carbons (Fsp3) is 0.750. The molecule has 1 fully saturated rings. The van der Waals surface area contributed by atoms with Gasteiger partial charge in [-0.3, -0.25) is 4.79 Å². The molecule has 1 heterocycles. The van der Waals surface area contributed by atoms with Gasteiger partial charge in [-0.15, -0.1) is 11.3 Å². The Bertz CT molecular complexity index is 482. The van der Waals surface area contributed by atoms with Crippen LogP contribution in [-0.4, -0.2) is 17.4 Å². The van der Waals surface area contributed by atoms with Gasteiger partial charge in [-0.25, -0.2) is 4.98 Å². The summed E-state index contributed by atoms with van der Waals surface area (Å²) in [7, 11) is 0. The van der Waals surface area contributed by atoms with Crippen LogP contribution in [0.4, 0.5) is 5.13 Å². The molecule has 0 unspecified atom stereocenters. The van der Waals surface area contributed by atoms with Gasteiger partial charge in [0.1, 0.15) is 0 Å². The predicted octanol–water partition coefficient (Wildman–Crippen LogP) is 3.68. The van der Waals surface area contributed by atoms with Crippen molar-refractivity contribution < 1.29 is 4.79 Å². The summed E-state index contributed by atoms with van der Waals surface area (Å²) in [5.41, 5.74) is 6.59. The summed E-state index contributed by atoms with van der Waals surface area (Å²) in [4.78, 5) is 17.3. The second-order valence-electron chi connectivity index (χ2n) is 7.14. The number of thiazole rings is 1. The number of carbonyl (C=O) groups excluding carboxylic acids is 1. The highest BCUT2D eigenvalue weighted by molar-refractivity contribution is 7.14. The minimum absolute atomic E-state index is 0.00729. The van der Waals surface area contributed by atoms with Gasteiger partial charge >= 0.3 is 0 Å². The lowest BCUT2D eigenvalue weighted by Gasteiger charge is -2.29. The highest BCUT2D eigenvalue weighted by atomic mass is 32.1. The van der Waals surface area contributed by atoms with Crippen molar-refractivity contribution in [3.05, 3.63) is 11.1 Å². The zero-order valence-electron chi connectivity index (χ0n) is 13.4. The summed E-state index contributed by atoms with van der Waals surface area (Å²) in [5.74, 6) is 0.0571. The molecule has 1 saturated carbocycles. The monoisotopic (exact) mass is 309 g/mol. The van der Waals surface area contributed by atoms with Crippen LogP contribution in [0.2, 0.25) is 0 Å². The van der Waals surface area contributed by atoms with Crippen LogP contribution in [0.5, 0.6) is 0 Å². The van der Waals surface area contributed by atoms with Gasteiger partial charge in [0.2, 0.25) is 5.91 Å². The van der Waals surface area contributed by atoms with E-state index in [0.717, 1.165) is 31.4 Å². The van der Waals surface area contributed by atoms with Crippen LogP contribution in [0, 0.1) is 5.41 Å². The first kappa shape index (κ1) is 16.4. The highest BCUT2D eigenvalue weighted by Crippen LogP contribution is 2.36. The van der Waals surface area contributed by atoms with E-state index in [1.807, 2.05) is 5.38 Å². The van der Waals surface area contributed by atoms with Gasteiger partial charge in [-0.05, 0) is 12.8 Å². The fourth-order valence-corrected chi connectivity index (χ4v) is 3.77. The largest absolute Gasteiger partial charge is 0.329 e. The quantitative estimate of drug-likeness (QED) is 0.837. The molecular weight excluding hydrogens is 282 g/mol. The number of anilines is 1. The van der Waals surface area contributed by atoms with Crippen LogP contribution in [-0.2, 0) is 10.2 Å². The van der Waals surface area contributed by atoms with E-state index in [9.17, 15) is 4.79 Å². The molecule has 21 heavy (non-hydrogen) atoms. The molecule has 1 amide bonds. The molecule has 4 nitrogen and oxygen atoms in total. The molecule has 0 spiro atoms. The Labute approximate surface area is 131 Å². The molecule has 0 saturated heterocycles. The SMILES string of the molecule is CC(C)(C)c1csc(NC(=O)C2(CN)CCCCCC2)n1. The standard InChI is InChI=1S/C16H27N3OS/c1-15(2,3)12-10-21-14(18-12)19-13(20)16(11-17)8-6-4-5-7-9-16/h10H,4-9,11,17H2,1-3H3,(H,18,19,20). The zero-order chi connectivity index (χ0) is 15.5. The average Bonchev–Trinajstić information content (AvgIpc) is 2.75. The van der Waals surface area contributed by atoms with Gasteiger partial charge in [0.05, 0.1) is 11.1 Å². The van der Waals surface area contributed by atoms with Crippen LogP contribution in [0.25, 0.3) is 0 Å². The van der Waals surface area contributed by atoms with Crippen molar-refractivity contribution in [1.82, 2.24) is 4.98 Å². The Hall–Kier alpha value is -0.940. The van der Waals surface area contributed by atoms with E-state index in [1.165, 1.54) is 24.2 Å². The maximum absolute atomic E-state index is 12.7. The van der Waals surface area contributed by atoms with E-state index in [2.05, 4.69) is 31.1 Å². The third-order valence-electron chi connectivity index (χ3n) is 4.43. The van der Waals surface area contributed by atoms with Crippen molar-refractivity contribution in [2.24, 2.45) is 11.1 Å². The van der Waals surface area contributed by atoms with Crippen molar-refractivity contribution in [1.29, 1.82) is 0 Å². The van der Waals surface area contributed by atoms with Crippen molar-refractivity contribution in [3.63, 3.8) is 0 Å². The number of aromatic nitrogens is 1. The number of nitrogens with two attached hydrogens (primary N) is 1. The Morgan fingerprint density at radius 1 is 1.33 bits per heavy atom. The van der Waals surface area contributed by atoms with E-state index in [1.54, 1.807) is 0 Å². The molecular formula is C16H27N3OS. The summed E-state index contributed by atoms with van der Waals surface area (Å²) >= 11 is 1.50. The van der Waals surface area contributed by atoms with Crippen LogP contribution in [0.15, 0.2) is 5.38 Å². The number of carbonyl (C=O) groups is 1. The third kappa shape index (κ3) is 3.83. The van der Waals surface area contributed by atoms with E-state index < -0.39 is 5.41 Å². The molecule has 0 aromatic carbocycles. The van der Waals surface area contributed by atoms with E-state index >= 15 is 0 Å². The predicted molar refractivity (Wildman–Crippen MR) is 88.6 cm³/mol. The smallest absolute Gasteiger partial charge is 0.233 e. The first-order valence-electron chi connectivity index (χ1n) is 7.85. The van der Waals surface area contributed by atoms with Crippen molar-refractivity contribution in [2.75, 3.05) is 11.9 Å². The molecule has 0 bridgehead atoms. The van der Waals surface area contributed by atoms with E-state index in [4.69, 9.17) is 5.73 Å². The van der Waals surface area contributed by atoms with Gasteiger partial charge < -0.3 is 11.1 Å². The topological polar surface area (TPSA) is 68.0 Å². The van der Waals surface area contributed by atoms with Gasteiger partial charge in [0, 0.05) is 17.3 Å². The third-order valence-corrected chi connectivity index (χ3v) is 5.18. The second-order valence-corrected chi connectivity index (χ2v) is 8.00. The zero-order valence-corrected chi connectivity index (χ0v) is 14.2. The van der Waals surface area contributed by atoms with Crippen LogP contribution in [0.1, 0.15) is 65.0 Å². The molecule has 1 aliphatic carbocycles. The fourth-order valence-electron chi connectivity index (χ4n) is 2.83. The molecule has 2 rings (SSSR count). The van der Waals surface area contributed by atoms with Crippen LogP contribution >= 0.6 is 11.3 Å². The molecule has 3 N–H and O–H groups in total. The molecule has 1 aromatic rings. The first-order valence-corrected chi connectivity index (χ1v) is 8.73.